The van der Waals surface area contributed by atoms with Crippen LogP contribution in [0.15, 0.2) is 23.1 Å². The zero-order valence-electron chi connectivity index (χ0n) is 11.7. The Morgan fingerprint density at radius 3 is 2.67 bits per heavy atom. The first-order chi connectivity index (χ1) is 9.86. The number of hydrogen-bond donors (Lipinski definition) is 1. The number of esters is 1. The van der Waals surface area contributed by atoms with E-state index in [0.29, 0.717) is 11.0 Å². The second kappa shape index (κ2) is 6.04. The van der Waals surface area contributed by atoms with E-state index in [1.807, 2.05) is 0 Å². The Morgan fingerprint density at radius 2 is 2.05 bits per heavy atom. The largest absolute Gasteiger partial charge is 0.468 e. The number of methoxy groups -OCH3 is 1. The summed E-state index contributed by atoms with van der Waals surface area (Å²) in [6.07, 6.45) is 0. The van der Waals surface area contributed by atoms with E-state index in [2.05, 4.69) is 18.2 Å². The molecule has 114 valence electrons. The summed E-state index contributed by atoms with van der Waals surface area (Å²) in [5.74, 6) is -0.878. The van der Waals surface area contributed by atoms with Gasteiger partial charge in [-0.25, -0.2) is 8.42 Å². The standard InChI is InChI=1S/C12H15N3O4S2/c1-7(2)10(12(16)19-3)15-21(17,18)9-6-4-5-8-11(9)14-20-13-8/h4-7,10,15H,1-3H3. The second-order valence-corrected chi connectivity index (χ2v) is 6.97. The van der Waals surface area contributed by atoms with Gasteiger partial charge in [-0.2, -0.15) is 13.5 Å². The molecule has 1 N–H and O–H groups in total. The number of rotatable bonds is 5. The van der Waals surface area contributed by atoms with Crippen molar-refractivity contribution in [2.75, 3.05) is 7.11 Å². The van der Waals surface area contributed by atoms with Crippen molar-refractivity contribution >= 4 is 38.8 Å². The van der Waals surface area contributed by atoms with Crippen LogP contribution in [0, 0.1) is 5.92 Å². The van der Waals surface area contributed by atoms with Crippen LogP contribution in [-0.4, -0.2) is 36.3 Å². The third kappa shape index (κ3) is 3.20. The van der Waals surface area contributed by atoms with E-state index in [-0.39, 0.29) is 10.8 Å². The molecule has 0 amide bonds. The van der Waals surface area contributed by atoms with Crippen molar-refractivity contribution < 1.29 is 17.9 Å². The van der Waals surface area contributed by atoms with E-state index in [1.165, 1.54) is 13.2 Å². The van der Waals surface area contributed by atoms with Gasteiger partial charge in [0.2, 0.25) is 10.0 Å². The Balaban J connectivity index is 2.42. The molecule has 0 bridgehead atoms. The molecule has 0 spiro atoms. The van der Waals surface area contributed by atoms with Crippen molar-refractivity contribution in [1.82, 2.24) is 13.5 Å². The van der Waals surface area contributed by atoms with Crippen LogP contribution in [0.1, 0.15) is 13.8 Å². The first-order valence-corrected chi connectivity index (χ1v) is 8.39. The summed E-state index contributed by atoms with van der Waals surface area (Å²) < 4.78 is 40.0. The predicted octanol–water partition coefficient (Wildman–Crippen LogP) is 1.17. The lowest BCUT2D eigenvalue weighted by Crippen LogP contribution is -2.44. The molecule has 0 radical (unpaired) electrons. The van der Waals surface area contributed by atoms with Gasteiger partial charge in [0.05, 0.1) is 18.8 Å². The number of nitrogens with zero attached hydrogens (tertiary/aromatic N) is 2. The molecule has 1 aromatic carbocycles. The van der Waals surface area contributed by atoms with Crippen molar-refractivity contribution in [3.63, 3.8) is 0 Å². The Bertz CT molecular complexity index is 755. The fraction of sp³-hybridized carbons (Fsp3) is 0.417. The van der Waals surface area contributed by atoms with Gasteiger partial charge < -0.3 is 4.74 Å². The van der Waals surface area contributed by atoms with Gasteiger partial charge in [-0.15, -0.1) is 0 Å². The summed E-state index contributed by atoms with van der Waals surface area (Å²) in [5.41, 5.74) is 0.796. The van der Waals surface area contributed by atoms with Crippen molar-refractivity contribution in [2.45, 2.75) is 24.8 Å². The molecule has 2 aromatic rings. The van der Waals surface area contributed by atoms with Crippen LogP contribution in [-0.2, 0) is 19.6 Å². The Morgan fingerprint density at radius 1 is 1.33 bits per heavy atom. The quantitative estimate of drug-likeness (QED) is 0.827. The van der Waals surface area contributed by atoms with Crippen LogP contribution in [0.2, 0.25) is 0 Å². The van der Waals surface area contributed by atoms with E-state index in [9.17, 15) is 13.2 Å². The van der Waals surface area contributed by atoms with Gasteiger partial charge in [0.1, 0.15) is 22.0 Å². The molecule has 0 aliphatic heterocycles. The summed E-state index contributed by atoms with van der Waals surface area (Å²) >= 11 is 0.935. The Labute approximate surface area is 126 Å². The van der Waals surface area contributed by atoms with Gasteiger partial charge in [0.15, 0.2) is 0 Å². The van der Waals surface area contributed by atoms with E-state index in [4.69, 9.17) is 0 Å². The molecule has 0 aliphatic rings. The van der Waals surface area contributed by atoms with Crippen molar-refractivity contribution in [3.8, 4) is 0 Å². The molecule has 1 unspecified atom stereocenters. The second-order valence-electron chi connectivity index (χ2n) is 4.75. The number of sulfonamides is 1. The van der Waals surface area contributed by atoms with Gasteiger partial charge in [0, 0.05) is 0 Å². The lowest BCUT2D eigenvalue weighted by atomic mass is 10.1. The highest BCUT2D eigenvalue weighted by atomic mass is 32.2. The van der Waals surface area contributed by atoms with Crippen LogP contribution in [0.25, 0.3) is 11.0 Å². The molecule has 0 saturated carbocycles. The predicted molar refractivity (Wildman–Crippen MR) is 78.4 cm³/mol. The van der Waals surface area contributed by atoms with Gasteiger partial charge in [-0.05, 0) is 18.1 Å². The first-order valence-electron chi connectivity index (χ1n) is 6.18. The SMILES string of the molecule is COC(=O)C(NS(=O)(=O)c1cccc2nsnc12)C(C)C. The molecule has 1 heterocycles. The fourth-order valence-corrected chi connectivity index (χ4v) is 3.91. The minimum Gasteiger partial charge on any atom is -0.468 e. The summed E-state index contributed by atoms with van der Waals surface area (Å²) in [6, 6.07) is 3.74. The van der Waals surface area contributed by atoms with Crippen molar-refractivity contribution in [2.24, 2.45) is 5.92 Å². The van der Waals surface area contributed by atoms with Gasteiger partial charge in [0.25, 0.3) is 0 Å². The number of hydrogen-bond acceptors (Lipinski definition) is 7. The lowest BCUT2D eigenvalue weighted by molar-refractivity contribution is -0.143. The molecule has 0 saturated heterocycles. The molecular weight excluding hydrogens is 314 g/mol. The summed E-state index contributed by atoms with van der Waals surface area (Å²) in [7, 11) is -2.68. The summed E-state index contributed by atoms with van der Waals surface area (Å²) in [6.45, 7) is 3.46. The fourth-order valence-electron chi connectivity index (χ4n) is 1.81. The Hall–Kier alpha value is -1.58. The molecule has 1 atom stereocenters. The summed E-state index contributed by atoms with van der Waals surface area (Å²) in [5, 5.41) is 0. The average molecular weight is 329 g/mol. The maximum atomic E-state index is 12.5. The summed E-state index contributed by atoms with van der Waals surface area (Å²) in [4.78, 5) is 11.7. The molecule has 0 aliphatic carbocycles. The number of aromatic nitrogens is 2. The van der Waals surface area contributed by atoms with Crippen molar-refractivity contribution in [3.05, 3.63) is 18.2 Å². The topological polar surface area (TPSA) is 98.2 Å². The monoisotopic (exact) mass is 329 g/mol. The number of carbonyl (C=O) groups excluding carboxylic acids is 1. The lowest BCUT2D eigenvalue weighted by Gasteiger charge is -2.19. The average Bonchev–Trinajstić information content (AvgIpc) is 2.91. The third-order valence-electron chi connectivity index (χ3n) is 2.94. The van der Waals surface area contributed by atoms with Crippen LogP contribution in [0.3, 0.4) is 0 Å². The van der Waals surface area contributed by atoms with Gasteiger partial charge >= 0.3 is 5.97 Å². The zero-order valence-corrected chi connectivity index (χ0v) is 13.4. The normalized spacial score (nSPS) is 13.5. The first kappa shape index (κ1) is 15.8. The van der Waals surface area contributed by atoms with Gasteiger partial charge in [-0.1, -0.05) is 19.9 Å². The zero-order chi connectivity index (χ0) is 15.6. The minimum atomic E-state index is -3.90. The highest BCUT2D eigenvalue weighted by molar-refractivity contribution is 7.89. The van der Waals surface area contributed by atoms with Crippen LogP contribution in [0.5, 0.6) is 0 Å². The molecule has 2 rings (SSSR count). The third-order valence-corrected chi connectivity index (χ3v) is 4.96. The highest BCUT2D eigenvalue weighted by Gasteiger charge is 2.30. The number of fused-ring (bicyclic) bond motifs is 1. The molecule has 9 heteroatoms. The van der Waals surface area contributed by atoms with Crippen LogP contribution >= 0.6 is 11.7 Å². The van der Waals surface area contributed by atoms with E-state index in [1.54, 1.807) is 26.0 Å². The number of nitrogens with one attached hydrogen (secondary N) is 1. The number of benzene rings is 1. The smallest absolute Gasteiger partial charge is 0.324 e. The molecule has 21 heavy (non-hydrogen) atoms. The molecule has 1 aromatic heterocycles. The molecule has 0 fully saturated rings. The van der Waals surface area contributed by atoms with Crippen molar-refractivity contribution in [1.29, 1.82) is 0 Å². The minimum absolute atomic E-state index is 0.00306. The maximum Gasteiger partial charge on any atom is 0.324 e. The van der Waals surface area contributed by atoms with E-state index in [0.717, 1.165) is 11.7 Å². The Kier molecular flexibility index (Phi) is 4.55. The van der Waals surface area contributed by atoms with E-state index >= 15 is 0 Å². The highest BCUT2D eigenvalue weighted by Crippen LogP contribution is 2.21. The van der Waals surface area contributed by atoms with Gasteiger partial charge in [-0.3, -0.25) is 4.79 Å². The van der Waals surface area contributed by atoms with Crippen LogP contribution < -0.4 is 4.72 Å². The molecule has 7 nitrogen and oxygen atoms in total. The van der Waals surface area contributed by atoms with E-state index < -0.39 is 22.0 Å². The number of carbonyl (C=O) groups is 1. The maximum absolute atomic E-state index is 12.5. The van der Waals surface area contributed by atoms with Crippen LogP contribution in [0.4, 0.5) is 0 Å². The molecular formula is C12H15N3O4S2. The number of ether oxygens (including phenoxy) is 1.